The SMILES string of the molecule is O=[N+]([O-])c1c(F)cc(F)cc1NCc1ccco1. The summed E-state index contributed by atoms with van der Waals surface area (Å²) in [5.74, 6) is -1.61. The number of rotatable bonds is 4. The Kier molecular flexibility index (Phi) is 3.22. The molecule has 5 nitrogen and oxygen atoms in total. The Morgan fingerprint density at radius 3 is 2.78 bits per heavy atom. The molecule has 0 unspecified atom stereocenters. The number of nitro groups is 1. The Hall–Kier alpha value is -2.44. The number of hydrogen-bond donors (Lipinski definition) is 1. The monoisotopic (exact) mass is 254 g/mol. The molecule has 0 saturated heterocycles. The third kappa shape index (κ3) is 2.45. The van der Waals surface area contributed by atoms with Crippen molar-refractivity contribution >= 4 is 11.4 Å². The van der Waals surface area contributed by atoms with Gasteiger partial charge in [0.05, 0.1) is 17.7 Å². The maximum Gasteiger partial charge on any atom is 0.327 e. The molecule has 18 heavy (non-hydrogen) atoms. The van der Waals surface area contributed by atoms with Gasteiger partial charge in [0.25, 0.3) is 0 Å². The van der Waals surface area contributed by atoms with Crippen molar-refractivity contribution in [3.8, 4) is 0 Å². The van der Waals surface area contributed by atoms with Gasteiger partial charge in [0.1, 0.15) is 17.3 Å². The van der Waals surface area contributed by atoms with Crippen LogP contribution in [-0.2, 0) is 6.54 Å². The molecule has 0 aliphatic carbocycles. The van der Waals surface area contributed by atoms with Crippen molar-refractivity contribution in [2.75, 3.05) is 5.32 Å². The van der Waals surface area contributed by atoms with E-state index in [2.05, 4.69) is 5.32 Å². The van der Waals surface area contributed by atoms with Gasteiger partial charge in [-0.15, -0.1) is 0 Å². The van der Waals surface area contributed by atoms with Gasteiger partial charge in [0.2, 0.25) is 5.82 Å². The van der Waals surface area contributed by atoms with E-state index in [1.54, 1.807) is 12.1 Å². The van der Waals surface area contributed by atoms with Crippen molar-refractivity contribution in [2.45, 2.75) is 6.54 Å². The highest BCUT2D eigenvalue weighted by Gasteiger charge is 2.21. The second kappa shape index (κ2) is 4.82. The molecule has 1 N–H and O–H groups in total. The summed E-state index contributed by atoms with van der Waals surface area (Å²) in [5.41, 5.74) is -1.02. The lowest BCUT2D eigenvalue weighted by Gasteiger charge is -2.06. The van der Waals surface area contributed by atoms with E-state index < -0.39 is 22.2 Å². The standard InChI is InChI=1S/C11H8F2N2O3/c12-7-4-9(13)11(15(16)17)10(5-7)14-6-8-2-1-3-18-8/h1-5,14H,6H2. The van der Waals surface area contributed by atoms with Gasteiger partial charge in [0.15, 0.2) is 0 Å². The first-order valence-corrected chi connectivity index (χ1v) is 4.97. The average Bonchev–Trinajstić information content (AvgIpc) is 2.77. The average molecular weight is 254 g/mol. The number of anilines is 1. The molecular weight excluding hydrogens is 246 g/mol. The number of benzene rings is 1. The Morgan fingerprint density at radius 2 is 2.17 bits per heavy atom. The normalized spacial score (nSPS) is 10.3. The maximum atomic E-state index is 13.3. The van der Waals surface area contributed by atoms with E-state index in [-0.39, 0.29) is 12.2 Å². The number of nitrogens with one attached hydrogen (secondary N) is 1. The first-order valence-electron chi connectivity index (χ1n) is 4.97. The Morgan fingerprint density at radius 1 is 1.39 bits per heavy atom. The number of nitrogens with zero attached hydrogens (tertiary/aromatic N) is 1. The molecule has 0 atom stereocenters. The molecule has 0 amide bonds. The van der Waals surface area contributed by atoms with E-state index in [1.165, 1.54) is 6.26 Å². The predicted molar refractivity (Wildman–Crippen MR) is 59.0 cm³/mol. The first kappa shape index (κ1) is 12.0. The summed E-state index contributed by atoms with van der Waals surface area (Å²) in [6, 6.07) is 4.60. The Balaban J connectivity index is 2.28. The van der Waals surface area contributed by atoms with Gasteiger partial charge >= 0.3 is 5.69 Å². The van der Waals surface area contributed by atoms with E-state index in [9.17, 15) is 18.9 Å². The quantitative estimate of drug-likeness (QED) is 0.672. The molecule has 0 bridgehead atoms. The molecule has 1 aromatic carbocycles. The van der Waals surface area contributed by atoms with E-state index >= 15 is 0 Å². The van der Waals surface area contributed by atoms with Crippen LogP contribution in [0.2, 0.25) is 0 Å². The number of hydrogen-bond acceptors (Lipinski definition) is 4. The third-order valence-corrected chi connectivity index (χ3v) is 2.24. The summed E-state index contributed by atoms with van der Waals surface area (Å²) in [7, 11) is 0. The van der Waals surface area contributed by atoms with Crippen molar-refractivity contribution in [2.24, 2.45) is 0 Å². The molecule has 0 saturated carbocycles. The lowest BCUT2D eigenvalue weighted by Crippen LogP contribution is -2.04. The van der Waals surface area contributed by atoms with E-state index in [0.717, 1.165) is 6.07 Å². The molecule has 0 fully saturated rings. The van der Waals surface area contributed by atoms with E-state index in [1.807, 2.05) is 0 Å². The van der Waals surface area contributed by atoms with Gasteiger partial charge in [-0.1, -0.05) is 0 Å². The number of nitro benzene ring substituents is 1. The summed E-state index contributed by atoms with van der Waals surface area (Å²) >= 11 is 0. The molecule has 2 aromatic rings. The van der Waals surface area contributed by atoms with Crippen LogP contribution in [0.3, 0.4) is 0 Å². The largest absolute Gasteiger partial charge is 0.467 e. The number of furan rings is 1. The van der Waals surface area contributed by atoms with Crippen LogP contribution in [-0.4, -0.2) is 4.92 Å². The topological polar surface area (TPSA) is 68.3 Å². The highest BCUT2D eigenvalue weighted by atomic mass is 19.1. The van der Waals surface area contributed by atoms with Crippen LogP contribution in [0, 0.1) is 21.7 Å². The van der Waals surface area contributed by atoms with E-state index in [0.29, 0.717) is 11.8 Å². The van der Waals surface area contributed by atoms with Gasteiger partial charge < -0.3 is 9.73 Å². The first-order chi connectivity index (χ1) is 8.58. The Labute approximate surface area is 100 Å². The third-order valence-electron chi connectivity index (χ3n) is 2.24. The zero-order chi connectivity index (χ0) is 13.1. The molecule has 1 heterocycles. The van der Waals surface area contributed by atoms with Gasteiger partial charge in [0, 0.05) is 12.1 Å². The van der Waals surface area contributed by atoms with Crippen LogP contribution < -0.4 is 5.32 Å². The smallest absolute Gasteiger partial charge is 0.327 e. The van der Waals surface area contributed by atoms with Crippen molar-refractivity contribution < 1.29 is 18.1 Å². The van der Waals surface area contributed by atoms with Gasteiger partial charge in [-0.2, -0.15) is 4.39 Å². The Bertz CT molecular complexity index is 570. The predicted octanol–water partition coefficient (Wildman–Crippen LogP) is 3.08. The minimum Gasteiger partial charge on any atom is -0.467 e. The van der Waals surface area contributed by atoms with Crippen LogP contribution in [0.5, 0.6) is 0 Å². The van der Waals surface area contributed by atoms with Gasteiger partial charge in [-0.05, 0) is 12.1 Å². The second-order valence-corrected chi connectivity index (χ2v) is 3.47. The number of halogens is 2. The fourth-order valence-electron chi connectivity index (χ4n) is 1.48. The van der Waals surface area contributed by atoms with Crippen LogP contribution in [0.15, 0.2) is 34.9 Å². The highest BCUT2D eigenvalue weighted by Crippen LogP contribution is 2.29. The molecule has 7 heteroatoms. The minimum atomic E-state index is -1.22. The summed E-state index contributed by atoms with van der Waals surface area (Å²) in [5, 5.41) is 13.3. The van der Waals surface area contributed by atoms with Crippen molar-refractivity contribution in [1.82, 2.24) is 0 Å². The van der Waals surface area contributed by atoms with Crippen molar-refractivity contribution in [1.29, 1.82) is 0 Å². The molecule has 0 radical (unpaired) electrons. The second-order valence-electron chi connectivity index (χ2n) is 3.47. The van der Waals surface area contributed by atoms with Crippen LogP contribution in [0.1, 0.15) is 5.76 Å². The molecule has 0 aliphatic rings. The van der Waals surface area contributed by atoms with Gasteiger partial charge in [-0.25, -0.2) is 4.39 Å². The lowest BCUT2D eigenvalue weighted by atomic mass is 10.2. The summed E-state index contributed by atoms with van der Waals surface area (Å²) in [6.45, 7) is 0.0940. The summed E-state index contributed by atoms with van der Waals surface area (Å²) in [6.07, 6.45) is 1.43. The molecule has 0 aliphatic heterocycles. The van der Waals surface area contributed by atoms with Gasteiger partial charge in [-0.3, -0.25) is 10.1 Å². The van der Waals surface area contributed by atoms with E-state index in [4.69, 9.17) is 4.42 Å². The maximum absolute atomic E-state index is 13.3. The molecule has 1 aromatic heterocycles. The molecular formula is C11H8F2N2O3. The van der Waals surface area contributed by atoms with Crippen LogP contribution in [0.4, 0.5) is 20.2 Å². The fourth-order valence-corrected chi connectivity index (χ4v) is 1.48. The zero-order valence-corrected chi connectivity index (χ0v) is 9.02. The summed E-state index contributed by atoms with van der Waals surface area (Å²) in [4.78, 5) is 9.79. The molecule has 94 valence electrons. The van der Waals surface area contributed by atoms with Crippen molar-refractivity contribution in [3.05, 3.63) is 58.0 Å². The lowest BCUT2D eigenvalue weighted by molar-refractivity contribution is -0.386. The summed E-state index contributed by atoms with van der Waals surface area (Å²) < 4.78 is 31.3. The highest BCUT2D eigenvalue weighted by molar-refractivity contribution is 5.62. The zero-order valence-electron chi connectivity index (χ0n) is 9.02. The van der Waals surface area contributed by atoms with Crippen LogP contribution in [0.25, 0.3) is 0 Å². The molecule has 2 rings (SSSR count). The fraction of sp³-hybridized carbons (Fsp3) is 0.0909. The minimum absolute atomic E-state index is 0.0940. The van der Waals surface area contributed by atoms with Crippen LogP contribution >= 0.6 is 0 Å². The van der Waals surface area contributed by atoms with Crippen molar-refractivity contribution in [3.63, 3.8) is 0 Å². The molecule has 0 spiro atoms.